The van der Waals surface area contributed by atoms with E-state index in [0.29, 0.717) is 17.9 Å². The van der Waals surface area contributed by atoms with E-state index < -0.39 is 5.69 Å². The summed E-state index contributed by atoms with van der Waals surface area (Å²) in [4.78, 5) is 19.0. The van der Waals surface area contributed by atoms with Gasteiger partial charge in [0.25, 0.3) is 0 Å². The van der Waals surface area contributed by atoms with E-state index in [2.05, 4.69) is 38.6 Å². The molecular weight excluding hydrogens is 368 g/mol. The number of rotatable bonds is 3. The monoisotopic (exact) mass is 382 g/mol. The van der Waals surface area contributed by atoms with Gasteiger partial charge in [0.1, 0.15) is 5.82 Å². The molecular formula is C17H14N6OS2. The predicted octanol–water partition coefficient (Wildman–Crippen LogP) is 2.48. The summed E-state index contributed by atoms with van der Waals surface area (Å²) in [5, 5.41) is 8.18. The van der Waals surface area contributed by atoms with Gasteiger partial charge >= 0.3 is 5.69 Å². The standard InChI is InChI=1S/C17H14N6OS2/c18-15(25)19-13-12(14-20-16(26)21-17(24)23(14)22-13)8-10-6-3-5-9-4-1-2-7-11(9)10/h1-7,22H,8H2,(H3,18,19,25)(H,21,24,26). The lowest BCUT2D eigenvalue weighted by molar-refractivity contribution is 0.836. The van der Waals surface area contributed by atoms with Crippen LogP contribution >= 0.6 is 24.4 Å². The third-order valence-electron chi connectivity index (χ3n) is 4.13. The Labute approximate surface area is 157 Å². The minimum atomic E-state index is -0.407. The zero-order valence-electron chi connectivity index (χ0n) is 13.4. The van der Waals surface area contributed by atoms with Crippen LogP contribution in [0.1, 0.15) is 11.1 Å². The molecule has 2 aromatic carbocycles. The topological polar surface area (TPSA) is 104 Å². The molecule has 2 heterocycles. The fourth-order valence-electron chi connectivity index (χ4n) is 3.05. The fourth-order valence-corrected chi connectivity index (χ4v) is 3.32. The third-order valence-corrected chi connectivity index (χ3v) is 4.42. The van der Waals surface area contributed by atoms with Crippen LogP contribution in [0.5, 0.6) is 0 Å². The average Bonchev–Trinajstić information content (AvgIpc) is 2.92. The van der Waals surface area contributed by atoms with Gasteiger partial charge in [0.05, 0.1) is 0 Å². The molecule has 0 aliphatic rings. The summed E-state index contributed by atoms with van der Waals surface area (Å²) in [7, 11) is 0. The highest BCUT2D eigenvalue weighted by Crippen LogP contribution is 2.26. The Bertz CT molecular complexity index is 1260. The van der Waals surface area contributed by atoms with Crippen molar-refractivity contribution in [1.82, 2.24) is 19.6 Å². The minimum absolute atomic E-state index is 0.0892. The quantitative estimate of drug-likeness (QED) is 0.406. The van der Waals surface area contributed by atoms with Crippen molar-refractivity contribution in [3.8, 4) is 0 Å². The molecule has 4 aromatic rings. The second-order valence-electron chi connectivity index (χ2n) is 5.78. The zero-order chi connectivity index (χ0) is 18.3. The van der Waals surface area contributed by atoms with Gasteiger partial charge in [0.15, 0.2) is 10.8 Å². The minimum Gasteiger partial charge on any atom is -0.376 e. The van der Waals surface area contributed by atoms with Gasteiger partial charge in [-0.2, -0.15) is 9.50 Å². The van der Waals surface area contributed by atoms with Gasteiger partial charge in [-0.1, -0.05) is 42.5 Å². The fraction of sp³-hybridized carbons (Fsp3) is 0.0588. The maximum absolute atomic E-state index is 12.2. The van der Waals surface area contributed by atoms with E-state index in [1.807, 2.05) is 24.3 Å². The van der Waals surface area contributed by atoms with Crippen LogP contribution in [0, 0.1) is 4.77 Å². The van der Waals surface area contributed by atoms with Crippen molar-refractivity contribution in [3.63, 3.8) is 0 Å². The van der Waals surface area contributed by atoms with Crippen LogP contribution in [0.15, 0.2) is 47.3 Å². The Kier molecular flexibility index (Phi) is 4.02. The highest BCUT2D eigenvalue weighted by molar-refractivity contribution is 7.80. The summed E-state index contributed by atoms with van der Waals surface area (Å²) in [6.07, 6.45) is 0.518. The summed E-state index contributed by atoms with van der Waals surface area (Å²) >= 11 is 10.0. The highest BCUT2D eigenvalue weighted by Gasteiger charge is 2.16. The first-order chi connectivity index (χ1) is 12.5. The molecule has 0 bridgehead atoms. The molecule has 0 fully saturated rings. The van der Waals surface area contributed by atoms with E-state index in [9.17, 15) is 4.79 Å². The normalized spacial score (nSPS) is 11.1. The van der Waals surface area contributed by atoms with Gasteiger partial charge in [-0.25, -0.2) is 4.79 Å². The summed E-state index contributed by atoms with van der Waals surface area (Å²) in [5.74, 6) is 0.518. The molecule has 9 heteroatoms. The van der Waals surface area contributed by atoms with Crippen molar-refractivity contribution in [2.24, 2.45) is 5.73 Å². The molecule has 0 unspecified atom stereocenters. The molecule has 130 valence electrons. The Morgan fingerprint density at radius 3 is 2.81 bits per heavy atom. The molecule has 0 saturated heterocycles. The SMILES string of the molecule is NC(=S)Nc1[nH]n2c(=O)[nH]c(=S)nc2c1Cc1cccc2ccccc12. The van der Waals surface area contributed by atoms with Crippen molar-refractivity contribution in [3.05, 3.63) is 68.8 Å². The number of H-pyrrole nitrogens is 2. The van der Waals surface area contributed by atoms with Crippen molar-refractivity contribution in [2.75, 3.05) is 5.32 Å². The number of hydrogen-bond donors (Lipinski definition) is 4. The van der Waals surface area contributed by atoms with Crippen LogP contribution in [0.2, 0.25) is 0 Å². The van der Waals surface area contributed by atoms with E-state index in [-0.39, 0.29) is 9.88 Å². The molecule has 0 aliphatic heterocycles. The van der Waals surface area contributed by atoms with Crippen molar-refractivity contribution in [1.29, 1.82) is 0 Å². The Morgan fingerprint density at radius 1 is 1.23 bits per heavy atom. The number of fused-ring (bicyclic) bond motifs is 2. The van der Waals surface area contributed by atoms with Gasteiger partial charge < -0.3 is 11.1 Å². The van der Waals surface area contributed by atoms with Crippen molar-refractivity contribution < 1.29 is 0 Å². The highest BCUT2D eigenvalue weighted by atomic mass is 32.1. The number of anilines is 1. The van der Waals surface area contributed by atoms with E-state index in [4.69, 9.17) is 30.2 Å². The van der Waals surface area contributed by atoms with E-state index in [1.54, 1.807) is 0 Å². The van der Waals surface area contributed by atoms with E-state index >= 15 is 0 Å². The van der Waals surface area contributed by atoms with Gasteiger partial charge in [-0.15, -0.1) is 0 Å². The summed E-state index contributed by atoms with van der Waals surface area (Å²) in [6, 6.07) is 14.2. The molecule has 0 radical (unpaired) electrons. The lowest BCUT2D eigenvalue weighted by atomic mass is 9.99. The van der Waals surface area contributed by atoms with Crippen molar-refractivity contribution in [2.45, 2.75) is 6.42 Å². The number of aromatic amines is 2. The van der Waals surface area contributed by atoms with Crippen LogP contribution < -0.4 is 16.7 Å². The largest absolute Gasteiger partial charge is 0.376 e. The Hall–Kier alpha value is -3.04. The van der Waals surface area contributed by atoms with Gasteiger partial charge in [0.2, 0.25) is 4.77 Å². The zero-order valence-corrected chi connectivity index (χ0v) is 15.1. The number of benzene rings is 2. The summed E-state index contributed by atoms with van der Waals surface area (Å²) < 4.78 is 1.41. The number of nitrogens with zero attached hydrogens (tertiary/aromatic N) is 2. The lowest BCUT2D eigenvalue weighted by Gasteiger charge is -2.08. The molecule has 0 amide bonds. The smallest absolute Gasteiger partial charge is 0.348 e. The lowest BCUT2D eigenvalue weighted by Crippen LogP contribution is -2.21. The second kappa shape index (κ2) is 6.36. The Morgan fingerprint density at radius 2 is 2.00 bits per heavy atom. The average molecular weight is 382 g/mol. The maximum atomic E-state index is 12.2. The number of thiocarbonyl (C=S) groups is 1. The van der Waals surface area contributed by atoms with Crippen molar-refractivity contribution >= 4 is 51.8 Å². The summed E-state index contributed by atoms with van der Waals surface area (Å²) in [6.45, 7) is 0. The molecule has 26 heavy (non-hydrogen) atoms. The number of aromatic nitrogens is 4. The molecule has 2 aromatic heterocycles. The van der Waals surface area contributed by atoms with Crippen LogP contribution in [0.4, 0.5) is 5.82 Å². The van der Waals surface area contributed by atoms with Gasteiger partial charge in [-0.3, -0.25) is 10.1 Å². The van der Waals surface area contributed by atoms with Crippen LogP contribution in [-0.4, -0.2) is 24.7 Å². The number of hydrogen-bond acceptors (Lipinski definition) is 4. The maximum Gasteiger partial charge on any atom is 0.348 e. The molecule has 0 atom stereocenters. The molecule has 0 spiro atoms. The van der Waals surface area contributed by atoms with Gasteiger partial charge in [0, 0.05) is 12.0 Å². The van der Waals surface area contributed by atoms with E-state index in [0.717, 1.165) is 21.9 Å². The van der Waals surface area contributed by atoms with Crippen LogP contribution in [0.25, 0.3) is 16.4 Å². The summed E-state index contributed by atoms with van der Waals surface area (Å²) in [5.41, 5.74) is 7.50. The number of nitrogens with two attached hydrogens (primary N) is 1. The molecule has 5 N–H and O–H groups in total. The van der Waals surface area contributed by atoms with Crippen LogP contribution in [-0.2, 0) is 6.42 Å². The van der Waals surface area contributed by atoms with E-state index in [1.165, 1.54) is 4.52 Å². The van der Waals surface area contributed by atoms with Crippen LogP contribution in [0.3, 0.4) is 0 Å². The molecule has 4 rings (SSSR count). The first-order valence-corrected chi connectivity index (χ1v) is 8.61. The second-order valence-corrected chi connectivity index (χ2v) is 6.60. The first kappa shape index (κ1) is 16.4. The number of nitrogens with one attached hydrogen (secondary N) is 3. The molecule has 7 nitrogen and oxygen atoms in total. The third kappa shape index (κ3) is 2.87. The molecule has 0 aliphatic carbocycles. The molecule has 0 saturated carbocycles. The van der Waals surface area contributed by atoms with Gasteiger partial charge in [-0.05, 0) is 40.8 Å². The Balaban J connectivity index is 1.96. The first-order valence-electron chi connectivity index (χ1n) is 7.80. The predicted molar refractivity (Wildman–Crippen MR) is 108 cm³/mol.